The zero-order valence-electron chi connectivity index (χ0n) is 4.98. The fourth-order valence-corrected chi connectivity index (χ4v) is 0.978. The van der Waals surface area contributed by atoms with Crippen LogP contribution in [0.2, 0.25) is 0 Å². The Morgan fingerprint density at radius 1 is 1.56 bits per heavy atom. The lowest BCUT2D eigenvalue weighted by molar-refractivity contribution is -0.0600. The van der Waals surface area contributed by atoms with Gasteiger partial charge in [-0.15, -0.1) is 0 Å². The first-order valence-corrected chi connectivity index (χ1v) is 2.99. The molecule has 0 bridgehead atoms. The first-order chi connectivity index (χ1) is 4.10. The molecule has 1 aliphatic rings. The van der Waals surface area contributed by atoms with Gasteiger partial charge < -0.3 is 5.11 Å². The fraction of sp³-hybridized carbons (Fsp3) is 0.833. The normalized spacial score (nSPS) is 34.3. The van der Waals surface area contributed by atoms with Crippen molar-refractivity contribution in [3.05, 3.63) is 6.42 Å². The summed E-state index contributed by atoms with van der Waals surface area (Å²) >= 11 is 0. The van der Waals surface area contributed by atoms with Crippen molar-refractivity contribution in [2.75, 3.05) is 0 Å². The van der Waals surface area contributed by atoms with Crippen molar-refractivity contribution in [3.63, 3.8) is 0 Å². The van der Waals surface area contributed by atoms with E-state index in [1.54, 1.807) is 0 Å². The summed E-state index contributed by atoms with van der Waals surface area (Å²) in [7, 11) is 0. The van der Waals surface area contributed by atoms with Crippen molar-refractivity contribution in [3.8, 4) is 0 Å². The van der Waals surface area contributed by atoms with Gasteiger partial charge in [0.1, 0.15) is 0 Å². The van der Waals surface area contributed by atoms with E-state index in [0.29, 0.717) is 6.42 Å². The molecule has 0 aromatic carbocycles. The Hall–Kier alpha value is -0.180. The second-order valence-electron chi connectivity index (χ2n) is 2.40. The molecule has 1 saturated carbocycles. The van der Waals surface area contributed by atoms with Crippen LogP contribution in [0, 0.1) is 6.42 Å². The van der Waals surface area contributed by atoms with Crippen LogP contribution >= 0.6 is 0 Å². The molecule has 0 heterocycles. The van der Waals surface area contributed by atoms with E-state index in [-0.39, 0.29) is 6.42 Å². The standard InChI is InChI=1S/C6H9F2O/c7-6(8)3-1-2-5(9)4-6/h2,5,9H,1,3-4H2. The van der Waals surface area contributed by atoms with E-state index in [0.717, 1.165) is 0 Å². The van der Waals surface area contributed by atoms with E-state index in [1.807, 2.05) is 0 Å². The second-order valence-corrected chi connectivity index (χ2v) is 2.40. The Morgan fingerprint density at radius 2 is 2.22 bits per heavy atom. The van der Waals surface area contributed by atoms with Crippen molar-refractivity contribution in [2.24, 2.45) is 0 Å². The molecule has 1 atom stereocenters. The predicted molar refractivity (Wildman–Crippen MR) is 29.1 cm³/mol. The third kappa shape index (κ3) is 1.90. The largest absolute Gasteiger partial charge is 0.393 e. The summed E-state index contributed by atoms with van der Waals surface area (Å²) in [5.74, 6) is -2.63. The van der Waals surface area contributed by atoms with E-state index in [1.165, 1.54) is 6.42 Å². The van der Waals surface area contributed by atoms with E-state index in [2.05, 4.69) is 0 Å². The van der Waals surface area contributed by atoms with E-state index >= 15 is 0 Å². The highest BCUT2D eigenvalue weighted by Crippen LogP contribution is 2.32. The molecule has 3 heteroatoms. The van der Waals surface area contributed by atoms with Crippen molar-refractivity contribution in [1.82, 2.24) is 0 Å². The summed E-state index contributed by atoms with van der Waals surface area (Å²) < 4.78 is 24.5. The number of aliphatic hydroxyl groups excluding tert-OH is 1. The molecule has 1 aliphatic carbocycles. The van der Waals surface area contributed by atoms with Crippen LogP contribution in [-0.4, -0.2) is 17.1 Å². The van der Waals surface area contributed by atoms with Gasteiger partial charge >= 0.3 is 0 Å². The summed E-state index contributed by atoms with van der Waals surface area (Å²) in [6.07, 6.45) is 0.455. The molecule has 1 radical (unpaired) electrons. The molecule has 0 saturated heterocycles. The minimum Gasteiger partial charge on any atom is -0.393 e. The molecule has 9 heavy (non-hydrogen) atoms. The topological polar surface area (TPSA) is 20.2 Å². The monoisotopic (exact) mass is 135 g/mol. The lowest BCUT2D eigenvalue weighted by Crippen LogP contribution is -2.29. The molecule has 1 fully saturated rings. The zero-order valence-corrected chi connectivity index (χ0v) is 4.98. The summed E-state index contributed by atoms with van der Waals surface area (Å²) in [5, 5.41) is 8.71. The third-order valence-electron chi connectivity index (χ3n) is 1.46. The summed E-state index contributed by atoms with van der Waals surface area (Å²) in [4.78, 5) is 0. The lowest BCUT2D eigenvalue weighted by Gasteiger charge is -2.24. The van der Waals surface area contributed by atoms with Gasteiger partial charge in [-0.2, -0.15) is 0 Å². The van der Waals surface area contributed by atoms with Crippen LogP contribution in [0.4, 0.5) is 8.78 Å². The Kier molecular flexibility index (Phi) is 1.70. The van der Waals surface area contributed by atoms with Gasteiger partial charge in [0.2, 0.25) is 0 Å². The minimum atomic E-state index is -2.63. The SMILES string of the molecule is OC1[CH]CCC(F)(F)C1. The van der Waals surface area contributed by atoms with E-state index in [9.17, 15) is 8.78 Å². The van der Waals surface area contributed by atoms with Gasteiger partial charge in [0, 0.05) is 12.8 Å². The molecule has 0 aromatic heterocycles. The molecule has 0 aliphatic heterocycles. The molecule has 0 aromatic rings. The number of rotatable bonds is 0. The third-order valence-corrected chi connectivity index (χ3v) is 1.46. The van der Waals surface area contributed by atoms with E-state index < -0.39 is 18.4 Å². The Balaban J connectivity index is 2.41. The van der Waals surface area contributed by atoms with Crippen LogP contribution < -0.4 is 0 Å². The molecule has 0 amide bonds. The second kappa shape index (κ2) is 2.21. The zero-order chi connectivity index (χ0) is 6.91. The highest BCUT2D eigenvalue weighted by molar-refractivity contribution is 4.88. The van der Waals surface area contributed by atoms with Gasteiger partial charge in [0.05, 0.1) is 6.10 Å². The van der Waals surface area contributed by atoms with Crippen molar-refractivity contribution < 1.29 is 13.9 Å². The first-order valence-electron chi connectivity index (χ1n) is 2.99. The van der Waals surface area contributed by atoms with Crippen LogP contribution in [0.25, 0.3) is 0 Å². The average molecular weight is 135 g/mol. The number of hydrogen-bond acceptors (Lipinski definition) is 1. The predicted octanol–water partition coefficient (Wildman–Crippen LogP) is 1.37. The summed E-state index contributed by atoms with van der Waals surface area (Å²) in [6.45, 7) is 0. The van der Waals surface area contributed by atoms with Gasteiger partial charge in [0.15, 0.2) is 0 Å². The molecule has 1 N–H and O–H groups in total. The maximum Gasteiger partial charge on any atom is 0.250 e. The lowest BCUT2D eigenvalue weighted by atomic mass is 9.94. The smallest absolute Gasteiger partial charge is 0.250 e. The molecule has 53 valence electrons. The molecule has 1 nitrogen and oxygen atoms in total. The summed E-state index contributed by atoms with van der Waals surface area (Å²) in [6, 6.07) is 0. The Bertz CT molecular complexity index is 103. The highest BCUT2D eigenvalue weighted by atomic mass is 19.3. The maximum atomic E-state index is 12.3. The van der Waals surface area contributed by atoms with Gasteiger partial charge in [0.25, 0.3) is 5.92 Å². The molecule has 1 rings (SSSR count). The van der Waals surface area contributed by atoms with Gasteiger partial charge in [-0.1, -0.05) is 0 Å². The van der Waals surface area contributed by atoms with Crippen LogP contribution in [0.3, 0.4) is 0 Å². The number of aliphatic hydroxyl groups is 1. The summed E-state index contributed by atoms with van der Waals surface area (Å²) in [5.41, 5.74) is 0. The highest BCUT2D eigenvalue weighted by Gasteiger charge is 2.35. The van der Waals surface area contributed by atoms with Crippen LogP contribution in [-0.2, 0) is 0 Å². The van der Waals surface area contributed by atoms with Crippen LogP contribution in [0.5, 0.6) is 0 Å². The molecular weight excluding hydrogens is 126 g/mol. The molecular formula is C6H9F2O. The number of halogens is 2. The number of hydrogen-bond donors (Lipinski definition) is 1. The minimum absolute atomic E-state index is 0.107. The Morgan fingerprint density at radius 3 is 2.56 bits per heavy atom. The van der Waals surface area contributed by atoms with Crippen LogP contribution in [0.1, 0.15) is 19.3 Å². The van der Waals surface area contributed by atoms with Gasteiger partial charge in [-0.25, -0.2) is 8.78 Å². The number of alkyl halides is 2. The Labute approximate surface area is 52.7 Å². The van der Waals surface area contributed by atoms with Gasteiger partial charge in [-0.3, -0.25) is 0 Å². The quantitative estimate of drug-likeness (QED) is 0.532. The van der Waals surface area contributed by atoms with E-state index in [4.69, 9.17) is 5.11 Å². The average Bonchev–Trinajstić information content (AvgIpc) is 1.60. The van der Waals surface area contributed by atoms with Gasteiger partial charge in [-0.05, 0) is 12.8 Å². The van der Waals surface area contributed by atoms with Crippen LogP contribution in [0.15, 0.2) is 0 Å². The molecule has 1 unspecified atom stereocenters. The molecule has 0 spiro atoms. The first kappa shape index (κ1) is 6.93. The van der Waals surface area contributed by atoms with Crippen molar-refractivity contribution in [1.29, 1.82) is 0 Å². The fourth-order valence-electron chi connectivity index (χ4n) is 0.978. The van der Waals surface area contributed by atoms with Crippen molar-refractivity contribution in [2.45, 2.75) is 31.3 Å². The van der Waals surface area contributed by atoms with Crippen molar-refractivity contribution >= 4 is 0 Å². The maximum absolute atomic E-state index is 12.3.